The van der Waals surface area contributed by atoms with Crippen LogP contribution in [-0.2, 0) is 17.8 Å². The summed E-state index contributed by atoms with van der Waals surface area (Å²) in [6.07, 6.45) is 8.14. The monoisotopic (exact) mass is 300 g/mol. The second-order valence-corrected chi connectivity index (χ2v) is 5.77. The molecule has 0 aromatic carbocycles. The lowest BCUT2D eigenvalue weighted by Crippen LogP contribution is -2.34. The Morgan fingerprint density at radius 2 is 2.20 bits per heavy atom. The lowest BCUT2D eigenvalue weighted by molar-refractivity contribution is 0.183. The van der Waals surface area contributed by atoms with E-state index in [0.29, 0.717) is 6.04 Å². The molecule has 2 atom stereocenters. The standard InChI is InChI=1S/C14H24N4O.ClH/c1-19-7-6-18-10-12(8-15-18)9-17-5-4-13-2-3-14(11-17)16-13;/h8,10,13-14,16H,2-7,9,11H2,1H3;1H. The highest BCUT2D eigenvalue weighted by Gasteiger charge is 2.29. The lowest BCUT2D eigenvalue weighted by atomic mass is 10.1. The van der Waals surface area contributed by atoms with Crippen LogP contribution in [0.2, 0.25) is 0 Å². The molecule has 20 heavy (non-hydrogen) atoms. The minimum atomic E-state index is 0. The second kappa shape index (κ2) is 7.41. The molecule has 3 rings (SSSR count). The smallest absolute Gasteiger partial charge is 0.0658 e. The molecule has 5 nitrogen and oxygen atoms in total. The molecule has 2 unspecified atom stereocenters. The highest BCUT2D eigenvalue weighted by Crippen LogP contribution is 2.21. The van der Waals surface area contributed by atoms with Crippen molar-refractivity contribution in [1.29, 1.82) is 0 Å². The quantitative estimate of drug-likeness (QED) is 0.889. The minimum absolute atomic E-state index is 0. The summed E-state index contributed by atoms with van der Waals surface area (Å²) in [6.45, 7) is 4.97. The first-order chi connectivity index (χ1) is 9.33. The minimum Gasteiger partial charge on any atom is -0.383 e. The number of nitrogens with zero attached hydrogens (tertiary/aromatic N) is 3. The number of hydrogen-bond acceptors (Lipinski definition) is 4. The summed E-state index contributed by atoms with van der Waals surface area (Å²) in [5.74, 6) is 0. The predicted molar refractivity (Wildman–Crippen MR) is 81.2 cm³/mol. The van der Waals surface area contributed by atoms with Crippen LogP contribution in [0.15, 0.2) is 12.4 Å². The number of halogens is 1. The third-order valence-corrected chi connectivity index (χ3v) is 4.22. The van der Waals surface area contributed by atoms with E-state index in [1.54, 1.807) is 7.11 Å². The Morgan fingerprint density at radius 1 is 1.35 bits per heavy atom. The fourth-order valence-electron chi connectivity index (χ4n) is 3.21. The Morgan fingerprint density at radius 3 is 3.05 bits per heavy atom. The van der Waals surface area contributed by atoms with Gasteiger partial charge in [-0.1, -0.05) is 0 Å². The molecular weight excluding hydrogens is 276 g/mol. The predicted octanol–water partition coefficient (Wildman–Crippen LogP) is 1.28. The first kappa shape index (κ1) is 15.8. The van der Waals surface area contributed by atoms with Crippen molar-refractivity contribution in [3.05, 3.63) is 18.0 Å². The van der Waals surface area contributed by atoms with Gasteiger partial charge >= 0.3 is 0 Å². The van der Waals surface area contributed by atoms with E-state index in [4.69, 9.17) is 4.74 Å². The first-order valence-corrected chi connectivity index (χ1v) is 7.32. The number of nitrogens with one attached hydrogen (secondary N) is 1. The first-order valence-electron chi connectivity index (χ1n) is 7.32. The Balaban J connectivity index is 0.00000147. The van der Waals surface area contributed by atoms with Crippen LogP contribution in [0.3, 0.4) is 0 Å². The summed E-state index contributed by atoms with van der Waals surface area (Å²) < 4.78 is 7.05. The molecule has 0 saturated carbocycles. The van der Waals surface area contributed by atoms with E-state index in [1.165, 1.54) is 37.9 Å². The zero-order valence-corrected chi connectivity index (χ0v) is 12.9. The molecule has 0 aliphatic carbocycles. The molecule has 0 amide bonds. The lowest BCUT2D eigenvalue weighted by Gasteiger charge is -2.23. The maximum Gasteiger partial charge on any atom is 0.0658 e. The van der Waals surface area contributed by atoms with E-state index in [0.717, 1.165) is 25.7 Å². The molecule has 2 bridgehead atoms. The Bertz CT molecular complexity index is 412. The highest BCUT2D eigenvalue weighted by molar-refractivity contribution is 5.85. The van der Waals surface area contributed by atoms with E-state index in [2.05, 4.69) is 21.5 Å². The number of aromatic nitrogens is 2. The van der Waals surface area contributed by atoms with Crippen LogP contribution in [0.5, 0.6) is 0 Å². The summed E-state index contributed by atoms with van der Waals surface area (Å²) in [7, 11) is 1.73. The molecule has 114 valence electrons. The number of likely N-dealkylation sites (tertiary alicyclic amines) is 1. The molecule has 0 radical (unpaired) electrons. The summed E-state index contributed by atoms with van der Waals surface area (Å²) in [6, 6.07) is 1.47. The molecule has 1 N–H and O–H groups in total. The van der Waals surface area contributed by atoms with Gasteiger partial charge in [0.05, 0.1) is 19.3 Å². The molecule has 3 heterocycles. The van der Waals surface area contributed by atoms with Crippen molar-refractivity contribution in [3.63, 3.8) is 0 Å². The van der Waals surface area contributed by atoms with Gasteiger partial charge in [-0.25, -0.2) is 0 Å². The Hall–Kier alpha value is -0.620. The fourth-order valence-corrected chi connectivity index (χ4v) is 3.21. The summed E-state index contributed by atoms with van der Waals surface area (Å²) in [4.78, 5) is 2.56. The molecule has 0 spiro atoms. The van der Waals surface area contributed by atoms with Gasteiger partial charge in [-0.05, 0) is 19.3 Å². The van der Waals surface area contributed by atoms with Gasteiger partial charge in [0.2, 0.25) is 0 Å². The summed E-state index contributed by atoms with van der Waals surface area (Å²) in [5.41, 5.74) is 1.31. The highest BCUT2D eigenvalue weighted by atomic mass is 35.5. The molecule has 2 saturated heterocycles. The van der Waals surface area contributed by atoms with Gasteiger partial charge in [0.1, 0.15) is 0 Å². The molecule has 2 aliphatic heterocycles. The van der Waals surface area contributed by atoms with Crippen LogP contribution in [0, 0.1) is 0 Å². The van der Waals surface area contributed by atoms with Gasteiger partial charge in [0, 0.05) is 50.6 Å². The average Bonchev–Trinajstić information content (AvgIpc) is 2.97. The van der Waals surface area contributed by atoms with Crippen LogP contribution in [0.4, 0.5) is 0 Å². The average molecular weight is 301 g/mol. The van der Waals surface area contributed by atoms with Gasteiger partial charge in [-0.3, -0.25) is 9.58 Å². The number of fused-ring (bicyclic) bond motifs is 2. The molecular formula is C14H25ClN4O. The van der Waals surface area contributed by atoms with Crippen LogP contribution in [0.25, 0.3) is 0 Å². The number of rotatable bonds is 5. The fraction of sp³-hybridized carbons (Fsp3) is 0.786. The largest absolute Gasteiger partial charge is 0.383 e. The van der Waals surface area contributed by atoms with Crippen LogP contribution >= 0.6 is 12.4 Å². The molecule has 6 heteroatoms. The van der Waals surface area contributed by atoms with Crippen LogP contribution in [-0.4, -0.2) is 53.6 Å². The Kier molecular flexibility index (Phi) is 5.84. The zero-order chi connectivity index (χ0) is 13.1. The SMILES string of the molecule is COCCn1cc(CN2CCC3CCC(C2)N3)cn1.Cl. The van der Waals surface area contributed by atoms with Crippen LogP contribution < -0.4 is 5.32 Å². The van der Waals surface area contributed by atoms with Crippen molar-refractivity contribution < 1.29 is 4.74 Å². The Labute approximate surface area is 127 Å². The third kappa shape index (κ3) is 3.95. The third-order valence-electron chi connectivity index (χ3n) is 4.22. The summed E-state index contributed by atoms with van der Waals surface area (Å²) >= 11 is 0. The van der Waals surface area contributed by atoms with E-state index in [-0.39, 0.29) is 12.4 Å². The normalized spacial score (nSPS) is 26.2. The summed E-state index contributed by atoms with van der Waals surface area (Å²) in [5, 5.41) is 8.11. The maximum atomic E-state index is 5.08. The van der Waals surface area contributed by atoms with Crippen molar-refractivity contribution in [2.24, 2.45) is 0 Å². The maximum absolute atomic E-state index is 5.08. The number of hydrogen-bond donors (Lipinski definition) is 1. The van der Waals surface area contributed by atoms with E-state index in [1.807, 2.05) is 10.9 Å². The second-order valence-electron chi connectivity index (χ2n) is 5.77. The molecule has 2 aliphatic rings. The van der Waals surface area contributed by atoms with Crippen molar-refractivity contribution in [2.75, 3.05) is 26.8 Å². The zero-order valence-electron chi connectivity index (χ0n) is 12.1. The van der Waals surface area contributed by atoms with E-state index < -0.39 is 0 Å². The number of ether oxygens (including phenoxy) is 1. The van der Waals surface area contributed by atoms with Gasteiger partial charge in [0.25, 0.3) is 0 Å². The van der Waals surface area contributed by atoms with Crippen molar-refractivity contribution in [2.45, 2.75) is 44.4 Å². The van der Waals surface area contributed by atoms with Crippen molar-refractivity contribution in [1.82, 2.24) is 20.0 Å². The molecule has 2 fully saturated rings. The van der Waals surface area contributed by atoms with Gasteiger partial charge in [0.15, 0.2) is 0 Å². The van der Waals surface area contributed by atoms with Crippen molar-refractivity contribution >= 4 is 12.4 Å². The van der Waals surface area contributed by atoms with E-state index >= 15 is 0 Å². The van der Waals surface area contributed by atoms with Crippen LogP contribution in [0.1, 0.15) is 24.8 Å². The van der Waals surface area contributed by atoms with Gasteiger partial charge in [-0.15, -0.1) is 12.4 Å². The molecule has 1 aromatic heterocycles. The van der Waals surface area contributed by atoms with Gasteiger partial charge in [-0.2, -0.15) is 5.10 Å². The topological polar surface area (TPSA) is 42.3 Å². The van der Waals surface area contributed by atoms with Gasteiger partial charge < -0.3 is 10.1 Å². The van der Waals surface area contributed by atoms with Crippen molar-refractivity contribution in [3.8, 4) is 0 Å². The number of methoxy groups -OCH3 is 1. The van der Waals surface area contributed by atoms with E-state index in [9.17, 15) is 0 Å². The molecule has 1 aromatic rings.